The fraction of sp³-hybridized carbons (Fsp3) is 0.929. The summed E-state index contributed by atoms with van der Waals surface area (Å²) in [6, 6.07) is 0.0631. The van der Waals surface area contributed by atoms with Gasteiger partial charge in [-0.15, -0.1) is 0 Å². The molecule has 0 aromatic heterocycles. The van der Waals surface area contributed by atoms with Crippen LogP contribution in [0, 0.1) is 0 Å². The molecule has 7 heteroatoms. The largest absolute Gasteiger partial charge is 0.357 e. The SMILES string of the molecule is CCNC(=NCCNC(C)(C)C)NC(C)CCS(C)(=O)=O. The third-order valence-corrected chi connectivity index (χ3v) is 3.66. The third kappa shape index (κ3) is 13.9. The Hall–Kier alpha value is -0.820. The molecule has 0 aromatic rings. The van der Waals surface area contributed by atoms with Crippen molar-refractivity contribution in [3.8, 4) is 0 Å². The smallest absolute Gasteiger partial charge is 0.191 e. The molecule has 0 saturated carbocycles. The van der Waals surface area contributed by atoms with E-state index < -0.39 is 9.84 Å². The predicted molar refractivity (Wildman–Crippen MR) is 90.7 cm³/mol. The van der Waals surface area contributed by atoms with E-state index in [-0.39, 0.29) is 17.3 Å². The predicted octanol–water partition coefficient (Wildman–Crippen LogP) is 0.753. The Bertz CT molecular complexity index is 413. The van der Waals surface area contributed by atoms with E-state index in [9.17, 15) is 8.42 Å². The number of aliphatic imine (C=N–C) groups is 1. The molecular weight excluding hydrogens is 288 g/mol. The molecule has 0 aromatic carbocycles. The van der Waals surface area contributed by atoms with Gasteiger partial charge in [0.2, 0.25) is 0 Å². The lowest BCUT2D eigenvalue weighted by atomic mass is 10.1. The first-order valence-corrected chi connectivity index (χ1v) is 9.57. The van der Waals surface area contributed by atoms with Crippen molar-refractivity contribution >= 4 is 15.8 Å². The maximum atomic E-state index is 11.2. The van der Waals surface area contributed by atoms with Crippen molar-refractivity contribution in [2.45, 2.75) is 52.6 Å². The zero-order valence-electron chi connectivity index (χ0n) is 14.3. The first kappa shape index (κ1) is 20.2. The van der Waals surface area contributed by atoms with Gasteiger partial charge in [0.05, 0.1) is 12.3 Å². The average Bonchev–Trinajstić information content (AvgIpc) is 2.30. The Labute approximate surface area is 130 Å². The minimum absolute atomic E-state index is 0.0631. The van der Waals surface area contributed by atoms with Gasteiger partial charge in [0.15, 0.2) is 5.96 Å². The van der Waals surface area contributed by atoms with Gasteiger partial charge in [0.1, 0.15) is 9.84 Å². The molecular formula is C14H32N4O2S. The lowest BCUT2D eigenvalue weighted by Gasteiger charge is -2.20. The molecule has 0 saturated heterocycles. The Kier molecular flexibility index (Phi) is 8.89. The second kappa shape index (κ2) is 9.25. The van der Waals surface area contributed by atoms with Crippen molar-refractivity contribution in [3.05, 3.63) is 0 Å². The fourth-order valence-corrected chi connectivity index (χ4v) is 2.40. The van der Waals surface area contributed by atoms with Crippen molar-refractivity contribution in [3.63, 3.8) is 0 Å². The number of nitrogens with one attached hydrogen (secondary N) is 3. The fourth-order valence-electron chi connectivity index (χ4n) is 1.62. The van der Waals surface area contributed by atoms with Crippen LogP contribution in [-0.2, 0) is 9.84 Å². The number of hydrogen-bond acceptors (Lipinski definition) is 4. The van der Waals surface area contributed by atoms with E-state index in [4.69, 9.17) is 0 Å². The van der Waals surface area contributed by atoms with Crippen LogP contribution in [0.2, 0.25) is 0 Å². The maximum absolute atomic E-state index is 11.2. The Morgan fingerprint density at radius 3 is 2.38 bits per heavy atom. The highest BCUT2D eigenvalue weighted by Crippen LogP contribution is 1.97. The summed E-state index contributed by atoms with van der Waals surface area (Å²) in [5, 5.41) is 9.78. The highest BCUT2D eigenvalue weighted by molar-refractivity contribution is 7.90. The highest BCUT2D eigenvalue weighted by Gasteiger charge is 2.10. The van der Waals surface area contributed by atoms with E-state index in [0.717, 1.165) is 19.0 Å². The van der Waals surface area contributed by atoms with E-state index in [2.05, 4.69) is 41.7 Å². The number of hydrogen-bond donors (Lipinski definition) is 3. The van der Waals surface area contributed by atoms with Crippen LogP contribution in [0.15, 0.2) is 4.99 Å². The third-order valence-electron chi connectivity index (χ3n) is 2.69. The molecule has 0 aliphatic carbocycles. The van der Waals surface area contributed by atoms with Crippen LogP contribution in [0.3, 0.4) is 0 Å². The Morgan fingerprint density at radius 1 is 1.29 bits per heavy atom. The summed E-state index contributed by atoms with van der Waals surface area (Å²) in [7, 11) is -2.91. The maximum Gasteiger partial charge on any atom is 0.191 e. The number of rotatable bonds is 8. The molecule has 0 radical (unpaired) electrons. The molecule has 0 rings (SSSR count). The highest BCUT2D eigenvalue weighted by atomic mass is 32.2. The van der Waals surface area contributed by atoms with E-state index >= 15 is 0 Å². The zero-order chi connectivity index (χ0) is 16.5. The monoisotopic (exact) mass is 320 g/mol. The summed E-state index contributed by atoms with van der Waals surface area (Å²) in [6.07, 6.45) is 1.83. The lowest BCUT2D eigenvalue weighted by Crippen LogP contribution is -2.43. The van der Waals surface area contributed by atoms with E-state index in [1.807, 2.05) is 13.8 Å². The number of sulfone groups is 1. The van der Waals surface area contributed by atoms with E-state index in [1.165, 1.54) is 6.26 Å². The summed E-state index contributed by atoms with van der Waals surface area (Å²) in [5.74, 6) is 0.917. The number of nitrogens with zero attached hydrogens (tertiary/aromatic N) is 1. The van der Waals surface area contributed by atoms with Gasteiger partial charge in [-0.3, -0.25) is 4.99 Å². The van der Waals surface area contributed by atoms with Gasteiger partial charge in [-0.05, 0) is 41.0 Å². The van der Waals surface area contributed by atoms with Gasteiger partial charge in [-0.25, -0.2) is 8.42 Å². The average molecular weight is 321 g/mol. The topological polar surface area (TPSA) is 82.6 Å². The Balaban J connectivity index is 4.27. The second-order valence-corrected chi connectivity index (χ2v) is 8.66. The van der Waals surface area contributed by atoms with Crippen LogP contribution in [0.1, 0.15) is 41.0 Å². The molecule has 0 amide bonds. The van der Waals surface area contributed by atoms with Crippen LogP contribution >= 0.6 is 0 Å². The quantitative estimate of drug-likeness (QED) is 0.349. The molecule has 0 bridgehead atoms. The standard InChI is InChI=1S/C14H32N4O2S/c1-7-15-13(16-9-10-17-14(3,4)5)18-12(2)8-11-21(6,19)20/h12,17H,7-11H2,1-6H3,(H2,15,16,18). The minimum atomic E-state index is -2.91. The van der Waals surface area contributed by atoms with Crippen LogP contribution in [0.4, 0.5) is 0 Å². The van der Waals surface area contributed by atoms with Gasteiger partial charge >= 0.3 is 0 Å². The van der Waals surface area contributed by atoms with Crippen LogP contribution in [0.5, 0.6) is 0 Å². The summed E-state index contributed by atoms with van der Waals surface area (Å²) in [4.78, 5) is 4.48. The first-order chi connectivity index (χ1) is 9.53. The molecule has 0 aliphatic rings. The van der Waals surface area contributed by atoms with Crippen LogP contribution in [-0.4, -0.2) is 57.6 Å². The lowest BCUT2D eigenvalue weighted by molar-refractivity contribution is 0.432. The van der Waals surface area contributed by atoms with Crippen LogP contribution < -0.4 is 16.0 Å². The van der Waals surface area contributed by atoms with Gasteiger partial charge < -0.3 is 16.0 Å². The van der Waals surface area contributed by atoms with Crippen molar-refractivity contribution in [1.82, 2.24) is 16.0 Å². The molecule has 126 valence electrons. The molecule has 0 aliphatic heterocycles. The van der Waals surface area contributed by atoms with Gasteiger partial charge in [-0.2, -0.15) is 0 Å². The molecule has 0 fully saturated rings. The summed E-state index contributed by atoms with van der Waals surface area (Å²) >= 11 is 0. The normalized spacial score (nSPS) is 14.9. The molecule has 0 spiro atoms. The molecule has 6 nitrogen and oxygen atoms in total. The molecule has 21 heavy (non-hydrogen) atoms. The second-order valence-electron chi connectivity index (χ2n) is 6.40. The van der Waals surface area contributed by atoms with Crippen molar-refractivity contribution in [2.24, 2.45) is 4.99 Å². The molecule has 0 heterocycles. The van der Waals surface area contributed by atoms with Gasteiger partial charge in [-0.1, -0.05) is 0 Å². The van der Waals surface area contributed by atoms with E-state index in [0.29, 0.717) is 13.0 Å². The molecule has 1 atom stereocenters. The van der Waals surface area contributed by atoms with E-state index in [1.54, 1.807) is 0 Å². The summed E-state index contributed by atoms with van der Waals surface area (Å²) < 4.78 is 22.3. The molecule has 3 N–H and O–H groups in total. The van der Waals surface area contributed by atoms with Crippen molar-refractivity contribution in [2.75, 3.05) is 31.6 Å². The van der Waals surface area contributed by atoms with Gasteiger partial charge in [0.25, 0.3) is 0 Å². The minimum Gasteiger partial charge on any atom is -0.357 e. The zero-order valence-corrected chi connectivity index (χ0v) is 15.1. The Morgan fingerprint density at radius 2 is 1.90 bits per heavy atom. The van der Waals surface area contributed by atoms with Gasteiger partial charge in [0, 0.05) is 30.9 Å². The summed E-state index contributed by atoms with van der Waals surface area (Å²) in [5.41, 5.74) is 0.0874. The summed E-state index contributed by atoms with van der Waals surface area (Å²) in [6.45, 7) is 12.6. The first-order valence-electron chi connectivity index (χ1n) is 7.51. The van der Waals surface area contributed by atoms with Crippen molar-refractivity contribution < 1.29 is 8.42 Å². The van der Waals surface area contributed by atoms with Crippen molar-refractivity contribution in [1.29, 1.82) is 0 Å². The molecule has 1 unspecified atom stereocenters. The van der Waals surface area contributed by atoms with Crippen LogP contribution in [0.25, 0.3) is 0 Å². The number of guanidine groups is 1.